The fourth-order valence-electron chi connectivity index (χ4n) is 2.20. The zero-order valence-corrected chi connectivity index (χ0v) is 11.6. The van der Waals surface area contributed by atoms with Gasteiger partial charge < -0.3 is 0 Å². The van der Waals surface area contributed by atoms with E-state index in [9.17, 15) is 0 Å². The Hall–Kier alpha value is -1.56. The van der Waals surface area contributed by atoms with Crippen LogP contribution in [-0.4, -0.2) is 0 Å². The highest BCUT2D eigenvalue weighted by atomic mass is 14.1. The van der Waals surface area contributed by atoms with Crippen molar-refractivity contribution in [2.24, 2.45) is 0 Å². The molecular formula is C18H22. The first-order chi connectivity index (χ1) is 8.65. The van der Waals surface area contributed by atoms with E-state index >= 15 is 0 Å². The molecule has 0 unspecified atom stereocenters. The van der Waals surface area contributed by atoms with Gasteiger partial charge in [-0.3, -0.25) is 0 Å². The van der Waals surface area contributed by atoms with Gasteiger partial charge in [0.05, 0.1) is 0 Å². The summed E-state index contributed by atoms with van der Waals surface area (Å²) in [6.45, 7) is 6.60. The lowest BCUT2D eigenvalue weighted by molar-refractivity contribution is 0.679. The third kappa shape index (κ3) is 3.46. The molecule has 2 rings (SSSR count). The Morgan fingerprint density at radius 2 is 1.28 bits per heavy atom. The Balaban J connectivity index is 1.93. The predicted molar refractivity (Wildman–Crippen MR) is 79.1 cm³/mol. The van der Waals surface area contributed by atoms with Crippen LogP contribution in [0.1, 0.15) is 41.5 Å². The zero-order chi connectivity index (χ0) is 13.0. The molecule has 0 heteroatoms. The van der Waals surface area contributed by atoms with E-state index in [0.29, 0.717) is 5.92 Å². The molecule has 18 heavy (non-hydrogen) atoms. The maximum absolute atomic E-state index is 2.32. The second kappa shape index (κ2) is 5.86. The van der Waals surface area contributed by atoms with E-state index in [1.807, 2.05) is 0 Å². The van der Waals surface area contributed by atoms with Gasteiger partial charge in [0.25, 0.3) is 0 Å². The van der Waals surface area contributed by atoms with Crippen LogP contribution in [0.3, 0.4) is 0 Å². The van der Waals surface area contributed by atoms with Gasteiger partial charge in [-0.25, -0.2) is 0 Å². The highest BCUT2D eigenvalue weighted by Crippen LogP contribution is 2.21. The minimum Gasteiger partial charge on any atom is -0.0591 e. The van der Waals surface area contributed by atoms with E-state index in [4.69, 9.17) is 0 Å². The lowest BCUT2D eigenvalue weighted by atomic mass is 9.93. The van der Waals surface area contributed by atoms with Gasteiger partial charge >= 0.3 is 0 Å². The summed E-state index contributed by atoms with van der Waals surface area (Å²) in [4.78, 5) is 0. The standard InChI is InChI=1S/C18H22/c1-14-4-9-17(10-5-14)11-8-16(3)18-12-6-15(2)7-13-18/h4-7,9-10,12-13,16H,8,11H2,1-3H3/t16-/m0/s1. The minimum atomic E-state index is 0.631. The average molecular weight is 238 g/mol. The number of hydrogen-bond donors (Lipinski definition) is 0. The molecule has 0 heterocycles. The summed E-state index contributed by atoms with van der Waals surface area (Å²) >= 11 is 0. The molecule has 0 radical (unpaired) electrons. The van der Waals surface area contributed by atoms with Crippen molar-refractivity contribution >= 4 is 0 Å². The van der Waals surface area contributed by atoms with Crippen molar-refractivity contribution in [3.8, 4) is 0 Å². The lowest BCUT2D eigenvalue weighted by Gasteiger charge is -2.12. The quantitative estimate of drug-likeness (QED) is 0.700. The van der Waals surface area contributed by atoms with Gasteiger partial charge in [-0.15, -0.1) is 0 Å². The van der Waals surface area contributed by atoms with Crippen molar-refractivity contribution in [1.29, 1.82) is 0 Å². The normalized spacial score (nSPS) is 12.4. The smallest absolute Gasteiger partial charge is 0.0187 e. The Morgan fingerprint density at radius 1 is 0.778 bits per heavy atom. The summed E-state index contributed by atoms with van der Waals surface area (Å²) in [5.74, 6) is 0.631. The molecule has 0 aliphatic rings. The van der Waals surface area contributed by atoms with Crippen molar-refractivity contribution < 1.29 is 0 Å². The number of hydrogen-bond acceptors (Lipinski definition) is 0. The van der Waals surface area contributed by atoms with Crippen LogP contribution in [0, 0.1) is 13.8 Å². The van der Waals surface area contributed by atoms with Gasteiger partial charge in [0.2, 0.25) is 0 Å². The third-order valence-electron chi connectivity index (χ3n) is 3.63. The minimum absolute atomic E-state index is 0.631. The highest BCUT2D eigenvalue weighted by Gasteiger charge is 2.05. The summed E-state index contributed by atoms with van der Waals surface area (Å²) in [6.07, 6.45) is 2.38. The second-order valence-corrected chi connectivity index (χ2v) is 5.34. The van der Waals surface area contributed by atoms with E-state index in [0.717, 1.165) is 6.42 Å². The molecule has 0 aromatic heterocycles. The van der Waals surface area contributed by atoms with Crippen LogP contribution < -0.4 is 0 Å². The van der Waals surface area contributed by atoms with Crippen molar-refractivity contribution in [2.45, 2.75) is 39.5 Å². The zero-order valence-electron chi connectivity index (χ0n) is 11.6. The van der Waals surface area contributed by atoms with Gasteiger partial charge in [0.15, 0.2) is 0 Å². The first kappa shape index (κ1) is 12.9. The topological polar surface area (TPSA) is 0 Å². The van der Waals surface area contributed by atoms with Crippen molar-refractivity contribution in [3.05, 3.63) is 70.8 Å². The van der Waals surface area contributed by atoms with Crippen LogP contribution in [0.2, 0.25) is 0 Å². The summed E-state index contributed by atoms with van der Waals surface area (Å²) in [5, 5.41) is 0. The number of rotatable bonds is 4. The fourth-order valence-corrected chi connectivity index (χ4v) is 2.20. The van der Waals surface area contributed by atoms with Crippen LogP contribution in [0.5, 0.6) is 0 Å². The van der Waals surface area contributed by atoms with Gasteiger partial charge in [0, 0.05) is 0 Å². The molecule has 0 amide bonds. The van der Waals surface area contributed by atoms with Crippen LogP contribution in [0.25, 0.3) is 0 Å². The predicted octanol–water partition coefficient (Wildman–Crippen LogP) is 5.04. The number of aryl methyl sites for hydroxylation is 3. The molecule has 2 aromatic rings. The highest BCUT2D eigenvalue weighted by molar-refractivity contribution is 5.25. The molecule has 0 saturated heterocycles. The average Bonchev–Trinajstić information content (AvgIpc) is 2.38. The SMILES string of the molecule is Cc1ccc(CC[C@H](C)c2ccc(C)cc2)cc1. The van der Waals surface area contributed by atoms with Crippen LogP contribution in [0.4, 0.5) is 0 Å². The van der Waals surface area contributed by atoms with E-state index in [-0.39, 0.29) is 0 Å². The molecule has 1 atom stereocenters. The van der Waals surface area contributed by atoms with E-state index in [1.165, 1.54) is 28.7 Å². The Bertz CT molecular complexity index is 476. The summed E-state index contributed by atoms with van der Waals surface area (Å²) in [5.41, 5.74) is 5.57. The molecule has 0 aliphatic carbocycles. The first-order valence-corrected chi connectivity index (χ1v) is 6.77. The second-order valence-electron chi connectivity index (χ2n) is 5.34. The van der Waals surface area contributed by atoms with Crippen LogP contribution >= 0.6 is 0 Å². The first-order valence-electron chi connectivity index (χ1n) is 6.77. The molecule has 0 spiro atoms. The van der Waals surface area contributed by atoms with E-state index < -0.39 is 0 Å². The Labute approximate surface area is 111 Å². The Morgan fingerprint density at radius 3 is 1.83 bits per heavy atom. The maximum atomic E-state index is 2.32. The van der Waals surface area contributed by atoms with Crippen molar-refractivity contribution in [2.75, 3.05) is 0 Å². The molecule has 0 aliphatic heterocycles. The van der Waals surface area contributed by atoms with E-state index in [2.05, 4.69) is 69.3 Å². The summed E-state index contributed by atoms with van der Waals surface area (Å²) in [7, 11) is 0. The van der Waals surface area contributed by atoms with Crippen molar-refractivity contribution in [1.82, 2.24) is 0 Å². The van der Waals surface area contributed by atoms with Gasteiger partial charge in [-0.1, -0.05) is 66.6 Å². The van der Waals surface area contributed by atoms with Gasteiger partial charge in [-0.05, 0) is 43.7 Å². The monoisotopic (exact) mass is 238 g/mol. The molecule has 0 N–H and O–H groups in total. The Kier molecular flexibility index (Phi) is 4.19. The van der Waals surface area contributed by atoms with Crippen LogP contribution in [-0.2, 0) is 6.42 Å². The largest absolute Gasteiger partial charge is 0.0591 e. The molecule has 94 valence electrons. The van der Waals surface area contributed by atoms with Gasteiger partial charge in [0.1, 0.15) is 0 Å². The molecule has 0 fully saturated rings. The van der Waals surface area contributed by atoms with Crippen molar-refractivity contribution in [3.63, 3.8) is 0 Å². The summed E-state index contributed by atoms with van der Waals surface area (Å²) < 4.78 is 0. The molecular weight excluding hydrogens is 216 g/mol. The van der Waals surface area contributed by atoms with E-state index in [1.54, 1.807) is 0 Å². The van der Waals surface area contributed by atoms with Crippen LogP contribution in [0.15, 0.2) is 48.5 Å². The number of benzene rings is 2. The molecule has 0 saturated carbocycles. The fraction of sp³-hybridized carbons (Fsp3) is 0.333. The maximum Gasteiger partial charge on any atom is -0.0187 e. The van der Waals surface area contributed by atoms with Gasteiger partial charge in [-0.2, -0.15) is 0 Å². The molecule has 2 aromatic carbocycles. The molecule has 0 bridgehead atoms. The third-order valence-corrected chi connectivity index (χ3v) is 3.63. The summed E-state index contributed by atoms with van der Waals surface area (Å²) in [6, 6.07) is 17.8. The lowest BCUT2D eigenvalue weighted by Crippen LogP contribution is -1.96. The molecule has 0 nitrogen and oxygen atoms in total.